The van der Waals surface area contributed by atoms with Crippen LogP contribution < -0.4 is 26.3 Å². The molecule has 1 aromatic heterocycles. The molecule has 41 heavy (non-hydrogen) atoms. The summed E-state index contributed by atoms with van der Waals surface area (Å²) in [5.74, 6) is 0.424. The van der Waals surface area contributed by atoms with Crippen molar-refractivity contribution in [3.8, 4) is 0 Å². The highest BCUT2D eigenvalue weighted by Gasteiger charge is 2.51. The van der Waals surface area contributed by atoms with Gasteiger partial charge in [-0.2, -0.15) is 0 Å². The lowest BCUT2D eigenvalue weighted by Gasteiger charge is -2.41. The molecule has 2 fully saturated rings. The van der Waals surface area contributed by atoms with Gasteiger partial charge >= 0.3 is 19.2 Å². The summed E-state index contributed by atoms with van der Waals surface area (Å²) in [7, 11) is 4.04. The van der Waals surface area contributed by atoms with Crippen molar-refractivity contribution in [2.45, 2.75) is 92.0 Å². The molecule has 1 aromatic carbocycles. The molecule has 0 atom stereocenters. The SMILES string of the molecule is CC.CC(C)(C)OC(=O)NC1CN(c2ccnc(NC(=O)Nc3ccc(B4OC(C)(C)C(C)(C)O4)cc3)c2)C1.[B]C. The molecule has 0 aliphatic carbocycles. The minimum atomic E-state index is -0.533. The Labute approximate surface area is 246 Å². The van der Waals surface area contributed by atoms with Gasteiger partial charge in [0.25, 0.3) is 0 Å². The van der Waals surface area contributed by atoms with Crippen molar-refractivity contribution in [1.29, 1.82) is 0 Å². The smallest absolute Gasteiger partial charge is 0.444 e. The van der Waals surface area contributed by atoms with Gasteiger partial charge in [0.1, 0.15) is 11.4 Å². The summed E-state index contributed by atoms with van der Waals surface area (Å²) in [6.07, 6.45) is 1.22. The van der Waals surface area contributed by atoms with Gasteiger partial charge in [0.2, 0.25) is 0 Å². The van der Waals surface area contributed by atoms with Crippen molar-refractivity contribution in [1.82, 2.24) is 10.3 Å². The molecule has 2 saturated heterocycles. The molecule has 0 saturated carbocycles. The molecule has 0 spiro atoms. The second kappa shape index (κ2) is 14.1. The molecule has 3 amide bonds. The van der Waals surface area contributed by atoms with Crippen LogP contribution in [0.1, 0.15) is 62.3 Å². The van der Waals surface area contributed by atoms with E-state index >= 15 is 0 Å². The van der Waals surface area contributed by atoms with Crippen molar-refractivity contribution in [2.24, 2.45) is 0 Å². The zero-order valence-corrected chi connectivity index (χ0v) is 26.1. The topological polar surface area (TPSA) is 114 Å². The molecule has 222 valence electrons. The van der Waals surface area contributed by atoms with Gasteiger partial charge in [-0.25, -0.2) is 14.6 Å². The molecule has 3 N–H and O–H groups in total. The Morgan fingerprint density at radius 3 is 2.10 bits per heavy atom. The third-order valence-electron chi connectivity index (χ3n) is 6.65. The minimum absolute atomic E-state index is 0.00266. The van der Waals surface area contributed by atoms with E-state index in [1.165, 1.54) is 6.82 Å². The Balaban J connectivity index is 0.00000141. The number of hydrogen-bond donors (Lipinski definition) is 3. The highest BCUT2D eigenvalue weighted by molar-refractivity contribution is 6.62. The highest BCUT2D eigenvalue weighted by Crippen LogP contribution is 2.36. The molecule has 4 rings (SSSR count). The van der Waals surface area contributed by atoms with Crippen LogP contribution in [0.3, 0.4) is 0 Å². The Kier molecular flexibility index (Phi) is 11.7. The second-order valence-electron chi connectivity index (χ2n) is 11.4. The summed E-state index contributed by atoms with van der Waals surface area (Å²) in [5, 5.41) is 8.45. The van der Waals surface area contributed by atoms with Crippen molar-refractivity contribution in [2.75, 3.05) is 28.6 Å². The first-order chi connectivity index (χ1) is 19.2. The largest absolute Gasteiger partial charge is 0.494 e. The molecular formula is C29H45B2N5O5. The maximum atomic E-state index is 12.6. The van der Waals surface area contributed by atoms with Crippen LogP contribution >= 0.6 is 0 Å². The third-order valence-corrected chi connectivity index (χ3v) is 6.65. The van der Waals surface area contributed by atoms with Gasteiger partial charge in [-0.3, -0.25) is 5.32 Å². The first kappa shape index (κ1) is 34.0. The number of rotatable bonds is 5. The number of nitrogens with one attached hydrogen (secondary N) is 3. The quantitative estimate of drug-likeness (QED) is 0.439. The Bertz CT molecular complexity index is 1130. The van der Waals surface area contributed by atoms with Crippen molar-refractivity contribution in [3.63, 3.8) is 0 Å². The number of hydrogen-bond acceptors (Lipinski definition) is 7. The predicted octanol–water partition coefficient (Wildman–Crippen LogP) is 4.97. The van der Waals surface area contributed by atoms with E-state index in [1.807, 2.05) is 92.6 Å². The molecule has 12 heteroatoms. The lowest BCUT2D eigenvalue weighted by molar-refractivity contribution is 0.00578. The van der Waals surface area contributed by atoms with E-state index < -0.39 is 36.0 Å². The number of carbonyl (C=O) groups is 2. The monoisotopic (exact) mass is 565 g/mol. The van der Waals surface area contributed by atoms with Crippen LogP contribution in [0.2, 0.25) is 6.82 Å². The van der Waals surface area contributed by atoms with E-state index in [-0.39, 0.29) is 6.04 Å². The Hall–Kier alpha value is -3.24. The van der Waals surface area contributed by atoms with Crippen LogP contribution in [0.25, 0.3) is 0 Å². The molecule has 2 radical (unpaired) electrons. The van der Waals surface area contributed by atoms with Gasteiger partial charge < -0.3 is 29.6 Å². The minimum Gasteiger partial charge on any atom is -0.444 e. The van der Waals surface area contributed by atoms with E-state index in [1.54, 1.807) is 12.3 Å². The molecule has 3 heterocycles. The van der Waals surface area contributed by atoms with Crippen molar-refractivity contribution >= 4 is 49.7 Å². The highest BCUT2D eigenvalue weighted by atomic mass is 16.7. The second-order valence-corrected chi connectivity index (χ2v) is 11.4. The first-order valence-electron chi connectivity index (χ1n) is 14.0. The zero-order valence-electron chi connectivity index (χ0n) is 26.1. The summed E-state index contributed by atoms with van der Waals surface area (Å²) in [4.78, 5) is 30.8. The van der Waals surface area contributed by atoms with Gasteiger partial charge in [0.15, 0.2) is 0 Å². The average molecular weight is 565 g/mol. The third kappa shape index (κ3) is 9.39. The molecule has 2 aliphatic heterocycles. The van der Waals surface area contributed by atoms with Crippen LogP contribution in [0.15, 0.2) is 42.6 Å². The van der Waals surface area contributed by atoms with Crippen LogP contribution in [-0.2, 0) is 14.0 Å². The Morgan fingerprint density at radius 2 is 1.56 bits per heavy atom. The van der Waals surface area contributed by atoms with E-state index in [0.29, 0.717) is 24.6 Å². The summed E-state index contributed by atoms with van der Waals surface area (Å²) >= 11 is 0. The van der Waals surface area contributed by atoms with E-state index in [2.05, 4.69) is 33.7 Å². The predicted molar refractivity (Wildman–Crippen MR) is 167 cm³/mol. The van der Waals surface area contributed by atoms with Crippen LogP contribution in [0, 0.1) is 0 Å². The summed E-state index contributed by atoms with van der Waals surface area (Å²) in [5.41, 5.74) is 1.05. The summed E-state index contributed by atoms with van der Waals surface area (Å²) in [6, 6.07) is 10.6. The lowest BCUT2D eigenvalue weighted by atomic mass is 9.79. The molecular weight excluding hydrogens is 520 g/mol. The first-order valence-corrected chi connectivity index (χ1v) is 14.0. The summed E-state index contributed by atoms with van der Waals surface area (Å²) < 4.78 is 17.5. The fraction of sp³-hybridized carbons (Fsp3) is 0.552. The molecule has 0 unspecified atom stereocenters. The molecule has 0 bridgehead atoms. The number of benzene rings is 1. The van der Waals surface area contributed by atoms with Crippen molar-refractivity contribution in [3.05, 3.63) is 42.6 Å². The average Bonchev–Trinajstić information content (AvgIpc) is 3.09. The van der Waals surface area contributed by atoms with Crippen LogP contribution in [0.4, 0.5) is 26.8 Å². The van der Waals surface area contributed by atoms with Gasteiger partial charge in [-0.05, 0) is 72.1 Å². The van der Waals surface area contributed by atoms with E-state index in [9.17, 15) is 9.59 Å². The van der Waals surface area contributed by atoms with Crippen molar-refractivity contribution < 1.29 is 23.6 Å². The number of nitrogens with zero attached hydrogens (tertiary/aromatic N) is 2. The number of pyridine rings is 1. The standard InChI is InChI=1S/C26H36BN5O5.C2H6.CH3B/c1-24(2,3)35-23(34)30-19-15-32(16-19)20-12-13-28-21(14-20)31-22(33)29-18-10-8-17(9-11-18)27-36-25(4,5)26(6,7)37-27;2*1-2/h8-14,19H,15-16H2,1-7H3,(H,30,34)(H2,28,29,31,33);1-2H3;1H3. The number of amides is 3. The van der Waals surface area contributed by atoms with E-state index in [0.717, 1.165) is 11.2 Å². The number of aromatic nitrogens is 1. The van der Waals surface area contributed by atoms with Gasteiger partial charge in [-0.15, -0.1) is 0 Å². The van der Waals surface area contributed by atoms with Gasteiger partial charge in [0.05, 0.1) is 25.1 Å². The molecule has 2 aliphatic rings. The van der Waals surface area contributed by atoms with Crippen LogP contribution in [-0.4, -0.2) is 68.0 Å². The normalized spacial score (nSPS) is 17.1. The van der Waals surface area contributed by atoms with E-state index in [4.69, 9.17) is 14.0 Å². The number of urea groups is 1. The van der Waals surface area contributed by atoms with Gasteiger partial charge in [0, 0.05) is 36.7 Å². The number of alkyl carbamates (subject to hydrolysis) is 1. The fourth-order valence-corrected chi connectivity index (χ4v) is 3.92. The molecule has 2 aromatic rings. The number of anilines is 3. The molecule has 10 nitrogen and oxygen atoms in total. The lowest BCUT2D eigenvalue weighted by Crippen LogP contribution is -2.60. The zero-order chi connectivity index (χ0) is 31.0. The fourth-order valence-electron chi connectivity index (χ4n) is 3.92. The number of ether oxygens (including phenoxy) is 1. The van der Waals surface area contributed by atoms with Crippen LogP contribution in [0.5, 0.6) is 0 Å². The maximum absolute atomic E-state index is 12.6. The Morgan fingerprint density at radius 1 is 1.00 bits per heavy atom. The maximum Gasteiger partial charge on any atom is 0.494 e. The van der Waals surface area contributed by atoms with Gasteiger partial charge in [-0.1, -0.05) is 32.8 Å². The number of carbonyl (C=O) groups excluding carboxylic acids is 2. The summed E-state index contributed by atoms with van der Waals surface area (Å²) in [6.45, 7) is 20.3.